The second-order valence-electron chi connectivity index (χ2n) is 6.02. The molecule has 0 aliphatic carbocycles. The first-order valence-corrected chi connectivity index (χ1v) is 8.17. The summed E-state index contributed by atoms with van der Waals surface area (Å²) in [4.78, 5) is 27.9. The third kappa shape index (κ3) is 3.55. The molecule has 0 saturated carbocycles. The summed E-state index contributed by atoms with van der Waals surface area (Å²) >= 11 is 0. The lowest BCUT2D eigenvalue weighted by Crippen LogP contribution is -2.26. The summed E-state index contributed by atoms with van der Waals surface area (Å²) < 4.78 is 10.5. The van der Waals surface area contributed by atoms with Crippen molar-refractivity contribution in [2.45, 2.75) is 6.54 Å². The Balaban J connectivity index is 1.87. The van der Waals surface area contributed by atoms with E-state index in [9.17, 15) is 14.9 Å². The molecule has 0 saturated heterocycles. The van der Waals surface area contributed by atoms with Crippen LogP contribution in [0, 0.1) is 10.1 Å². The van der Waals surface area contributed by atoms with E-state index in [1.54, 1.807) is 51.6 Å². The molecule has 0 unspecified atom stereocenters. The van der Waals surface area contributed by atoms with E-state index >= 15 is 0 Å². The number of amides is 1. The van der Waals surface area contributed by atoms with Crippen molar-refractivity contribution in [3.05, 3.63) is 63.8 Å². The van der Waals surface area contributed by atoms with E-state index in [4.69, 9.17) is 9.47 Å². The lowest BCUT2D eigenvalue weighted by Gasteiger charge is -2.18. The number of methoxy groups -OCH3 is 2. The molecule has 0 atom stereocenters. The van der Waals surface area contributed by atoms with Crippen molar-refractivity contribution in [2.24, 2.45) is 0 Å². The van der Waals surface area contributed by atoms with Crippen molar-refractivity contribution in [1.29, 1.82) is 0 Å². The zero-order valence-corrected chi connectivity index (χ0v) is 15.2. The summed E-state index contributed by atoms with van der Waals surface area (Å²) in [6.45, 7) is 0.309. The Labute approximate surface area is 155 Å². The molecule has 0 bridgehead atoms. The van der Waals surface area contributed by atoms with Crippen molar-refractivity contribution in [3.63, 3.8) is 0 Å². The van der Waals surface area contributed by atoms with Crippen LogP contribution in [0.25, 0.3) is 10.9 Å². The molecule has 8 nitrogen and oxygen atoms in total. The van der Waals surface area contributed by atoms with E-state index in [0.717, 1.165) is 5.56 Å². The van der Waals surface area contributed by atoms with Crippen molar-refractivity contribution >= 4 is 22.5 Å². The second kappa shape index (κ2) is 7.36. The topological polar surface area (TPSA) is 97.7 Å². The quantitative estimate of drug-likeness (QED) is 0.531. The molecule has 0 fully saturated rings. The number of nitrogens with zero attached hydrogens (tertiary/aromatic N) is 2. The number of carbonyl (C=O) groups excluding carboxylic acids is 1. The molecule has 27 heavy (non-hydrogen) atoms. The standard InChI is InChI=1S/C19H19N3O5/c1-21(11-13-7-8-14(26-2)10-17(13)27-3)19(23)15-9-12-5-4-6-16(22(24)25)18(12)20-15/h4-10,20H,11H2,1-3H3. The maximum absolute atomic E-state index is 12.8. The zero-order chi connectivity index (χ0) is 19.6. The van der Waals surface area contributed by atoms with Crippen molar-refractivity contribution in [1.82, 2.24) is 9.88 Å². The van der Waals surface area contributed by atoms with Gasteiger partial charge < -0.3 is 19.4 Å². The van der Waals surface area contributed by atoms with Gasteiger partial charge in [-0.15, -0.1) is 0 Å². The number of rotatable bonds is 6. The number of fused-ring (bicyclic) bond motifs is 1. The van der Waals surface area contributed by atoms with E-state index in [-0.39, 0.29) is 17.3 Å². The zero-order valence-electron chi connectivity index (χ0n) is 15.2. The number of nitro groups is 1. The number of hydrogen-bond acceptors (Lipinski definition) is 5. The highest BCUT2D eigenvalue weighted by Crippen LogP contribution is 2.28. The number of nitrogens with one attached hydrogen (secondary N) is 1. The average molecular weight is 369 g/mol. The van der Waals surface area contributed by atoms with Gasteiger partial charge in [-0.25, -0.2) is 0 Å². The van der Waals surface area contributed by atoms with Crippen molar-refractivity contribution in [3.8, 4) is 11.5 Å². The Kier molecular flexibility index (Phi) is 4.98. The van der Waals surface area contributed by atoms with E-state index in [0.29, 0.717) is 28.9 Å². The van der Waals surface area contributed by atoms with E-state index in [2.05, 4.69) is 4.98 Å². The molecule has 2 aromatic carbocycles. The van der Waals surface area contributed by atoms with Crippen LogP contribution in [0.15, 0.2) is 42.5 Å². The molecule has 1 heterocycles. The minimum absolute atomic E-state index is 0.0639. The maximum atomic E-state index is 12.8. The van der Waals surface area contributed by atoms with E-state index < -0.39 is 4.92 Å². The Morgan fingerprint density at radius 1 is 1.19 bits per heavy atom. The fourth-order valence-corrected chi connectivity index (χ4v) is 2.92. The van der Waals surface area contributed by atoms with Crippen LogP contribution < -0.4 is 9.47 Å². The second-order valence-corrected chi connectivity index (χ2v) is 6.02. The highest BCUT2D eigenvalue weighted by atomic mass is 16.6. The number of aromatic amines is 1. The largest absolute Gasteiger partial charge is 0.497 e. The fraction of sp³-hybridized carbons (Fsp3) is 0.211. The first-order chi connectivity index (χ1) is 12.9. The smallest absolute Gasteiger partial charge is 0.293 e. The van der Waals surface area contributed by atoms with Crippen molar-refractivity contribution in [2.75, 3.05) is 21.3 Å². The number of H-pyrrole nitrogens is 1. The van der Waals surface area contributed by atoms with Gasteiger partial charge in [0.25, 0.3) is 11.6 Å². The van der Waals surface area contributed by atoms with Gasteiger partial charge in [-0.05, 0) is 18.2 Å². The third-order valence-corrected chi connectivity index (χ3v) is 4.31. The SMILES string of the molecule is COc1ccc(CN(C)C(=O)c2cc3cccc([N+](=O)[O-])c3[nH]2)c(OC)c1. The number of carbonyl (C=O) groups is 1. The monoisotopic (exact) mass is 369 g/mol. The van der Waals surface area contributed by atoms with E-state index in [1.807, 2.05) is 6.07 Å². The summed E-state index contributed by atoms with van der Waals surface area (Å²) in [6, 6.07) is 11.7. The molecule has 1 N–H and O–H groups in total. The molecule has 3 rings (SSSR count). The van der Waals surface area contributed by atoms with Gasteiger partial charge in [-0.3, -0.25) is 14.9 Å². The van der Waals surface area contributed by atoms with Gasteiger partial charge in [0.1, 0.15) is 22.7 Å². The number of non-ortho nitro benzene ring substituents is 1. The molecule has 8 heteroatoms. The van der Waals surface area contributed by atoms with Gasteiger partial charge in [0.15, 0.2) is 0 Å². The molecule has 3 aromatic rings. The lowest BCUT2D eigenvalue weighted by molar-refractivity contribution is -0.383. The fourth-order valence-electron chi connectivity index (χ4n) is 2.92. The Bertz CT molecular complexity index is 1010. The predicted molar refractivity (Wildman–Crippen MR) is 100 cm³/mol. The van der Waals surface area contributed by atoms with Gasteiger partial charge >= 0.3 is 0 Å². The number of hydrogen-bond donors (Lipinski definition) is 1. The van der Waals surface area contributed by atoms with Gasteiger partial charge in [-0.1, -0.05) is 12.1 Å². The lowest BCUT2D eigenvalue weighted by atomic mass is 10.1. The molecular formula is C19H19N3O5. The van der Waals surface area contributed by atoms with Crippen LogP contribution in [-0.4, -0.2) is 42.0 Å². The summed E-state index contributed by atoms with van der Waals surface area (Å²) in [5, 5.41) is 11.8. The highest BCUT2D eigenvalue weighted by molar-refractivity contribution is 6.00. The maximum Gasteiger partial charge on any atom is 0.293 e. The van der Waals surface area contributed by atoms with Crippen LogP contribution in [-0.2, 0) is 6.54 Å². The highest BCUT2D eigenvalue weighted by Gasteiger charge is 2.20. The Morgan fingerprint density at radius 2 is 1.96 bits per heavy atom. The number of nitro benzene ring substituents is 1. The minimum atomic E-state index is -0.473. The molecule has 0 radical (unpaired) electrons. The number of para-hydroxylation sites is 1. The molecule has 0 aliphatic rings. The average Bonchev–Trinajstić information content (AvgIpc) is 3.11. The summed E-state index contributed by atoms with van der Waals surface area (Å²) in [7, 11) is 4.78. The number of benzene rings is 2. The van der Waals surface area contributed by atoms with Crippen molar-refractivity contribution < 1.29 is 19.2 Å². The summed E-state index contributed by atoms with van der Waals surface area (Å²) in [6.07, 6.45) is 0. The number of aromatic nitrogens is 1. The molecule has 1 aromatic heterocycles. The Hall–Kier alpha value is -3.55. The minimum Gasteiger partial charge on any atom is -0.497 e. The predicted octanol–water partition coefficient (Wildman–Crippen LogP) is 3.37. The van der Waals surface area contributed by atoms with Crippen LogP contribution >= 0.6 is 0 Å². The van der Waals surface area contributed by atoms with Crippen LogP contribution in [0.1, 0.15) is 16.1 Å². The van der Waals surface area contributed by atoms with E-state index in [1.165, 1.54) is 11.0 Å². The molecular weight excluding hydrogens is 350 g/mol. The Morgan fingerprint density at radius 3 is 2.63 bits per heavy atom. The first-order valence-electron chi connectivity index (χ1n) is 8.17. The third-order valence-electron chi connectivity index (χ3n) is 4.31. The molecule has 0 spiro atoms. The van der Waals surface area contributed by atoms with Gasteiger partial charge in [0.05, 0.1) is 19.1 Å². The number of ether oxygens (including phenoxy) is 2. The summed E-state index contributed by atoms with van der Waals surface area (Å²) in [5.74, 6) is 0.993. The van der Waals surface area contributed by atoms with Crippen LogP contribution in [0.4, 0.5) is 5.69 Å². The van der Waals surface area contributed by atoms with Gasteiger partial charge in [-0.2, -0.15) is 0 Å². The van der Waals surface area contributed by atoms with Gasteiger partial charge in [0.2, 0.25) is 0 Å². The van der Waals surface area contributed by atoms with Crippen LogP contribution in [0.5, 0.6) is 11.5 Å². The van der Waals surface area contributed by atoms with Crippen LogP contribution in [0.3, 0.4) is 0 Å². The molecule has 140 valence electrons. The molecule has 0 aliphatic heterocycles. The van der Waals surface area contributed by atoms with Crippen LogP contribution in [0.2, 0.25) is 0 Å². The summed E-state index contributed by atoms with van der Waals surface area (Å²) in [5.41, 5.74) is 1.37. The normalized spacial score (nSPS) is 10.6. The molecule has 1 amide bonds. The van der Waals surface area contributed by atoms with Gasteiger partial charge in [0, 0.05) is 36.7 Å². The first kappa shape index (κ1) is 18.2.